The van der Waals surface area contributed by atoms with E-state index in [4.69, 9.17) is 11.6 Å². The van der Waals surface area contributed by atoms with Crippen LogP contribution in [-0.2, 0) is 17.4 Å². The van der Waals surface area contributed by atoms with E-state index in [1.165, 1.54) is 0 Å². The maximum Gasteiger partial charge on any atom is 0.417 e. The van der Waals surface area contributed by atoms with Gasteiger partial charge in [-0.25, -0.2) is 9.97 Å². The van der Waals surface area contributed by atoms with Crippen molar-refractivity contribution in [3.05, 3.63) is 52.9 Å². The van der Waals surface area contributed by atoms with E-state index in [1.807, 2.05) is 24.3 Å². The summed E-state index contributed by atoms with van der Waals surface area (Å²) >= 11 is 6.03. The number of carbonyl (C=O) groups excluding carboxylic acids is 1. The number of aryl methyl sites for hydroxylation is 1. The van der Waals surface area contributed by atoms with Crippen LogP contribution in [0.3, 0.4) is 0 Å². The lowest BCUT2D eigenvalue weighted by atomic mass is 10.2. The first-order valence-electron chi connectivity index (χ1n) is 10.0. The predicted molar refractivity (Wildman–Crippen MR) is 112 cm³/mol. The number of nitrogens with one attached hydrogen (secondary N) is 1. The molecule has 0 unspecified atom stereocenters. The maximum absolute atomic E-state index is 12.8. The number of carbonyl (C=O) groups is 1. The molecule has 10 heteroatoms. The van der Waals surface area contributed by atoms with Gasteiger partial charge in [0, 0.05) is 45.2 Å². The van der Waals surface area contributed by atoms with Crippen LogP contribution in [0.5, 0.6) is 0 Å². The van der Waals surface area contributed by atoms with E-state index in [0.29, 0.717) is 51.3 Å². The molecule has 1 amide bonds. The number of hydrogen-bond acceptors (Lipinski definition) is 4. The highest BCUT2D eigenvalue weighted by Crippen LogP contribution is 2.33. The van der Waals surface area contributed by atoms with Crippen LogP contribution < -0.4 is 4.90 Å². The SMILES string of the molecule is O=C(CCCc1nc2ccccc2[nH]1)N1CCN(c2ncc(C(F)(F)F)cc2Cl)CC1. The molecule has 2 aromatic heterocycles. The Balaban J connectivity index is 1.27. The summed E-state index contributed by atoms with van der Waals surface area (Å²) in [7, 11) is 0. The molecule has 1 aliphatic rings. The van der Waals surface area contributed by atoms with Gasteiger partial charge in [-0.3, -0.25) is 4.79 Å². The summed E-state index contributed by atoms with van der Waals surface area (Å²) in [6.45, 7) is 1.88. The van der Waals surface area contributed by atoms with Crippen molar-refractivity contribution < 1.29 is 18.0 Å². The Labute approximate surface area is 182 Å². The Bertz CT molecular complexity index is 1040. The van der Waals surface area contributed by atoms with Crippen molar-refractivity contribution in [3.8, 4) is 0 Å². The van der Waals surface area contributed by atoms with Gasteiger partial charge in [0.15, 0.2) is 0 Å². The number of alkyl halides is 3. The van der Waals surface area contributed by atoms with Gasteiger partial charge in [-0.05, 0) is 24.6 Å². The highest BCUT2D eigenvalue weighted by molar-refractivity contribution is 6.33. The molecule has 0 atom stereocenters. The third-order valence-electron chi connectivity index (χ3n) is 5.32. The number of H-pyrrole nitrogens is 1. The van der Waals surface area contributed by atoms with Crippen molar-refractivity contribution in [2.24, 2.45) is 0 Å². The van der Waals surface area contributed by atoms with E-state index >= 15 is 0 Å². The molecule has 4 rings (SSSR count). The molecule has 1 saturated heterocycles. The fourth-order valence-corrected chi connectivity index (χ4v) is 3.96. The molecule has 0 saturated carbocycles. The highest BCUT2D eigenvalue weighted by Gasteiger charge is 2.32. The minimum absolute atomic E-state index is 0.0413. The van der Waals surface area contributed by atoms with Crippen molar-refractivity contribution in [1.82, 2.24) is 19.9 Å². The average Bonchev–Trinajstić information content (AvgIpc) is 3.16. The number of fused-ring (bicyclic) bond motifs is 1. The second-order valence-corrected chi connectivity index (χ2v) is 7.86. The summed E-state index contributed by atoms with van der Waals surface area (Å²) in [6, 6.07) is 8.68. The number of pyridine rings is 1. The first kappa shape index (κ1) is 21.4. The molecule has 0 aliphatic carbocycles. The molecule has 1 aromatic carbocycles. The molecule has 3 heterocycles. The van der Waals surface area contributed by atoms with E-state index in [1.54, 1.807) is 9.80 Å². The van der Waals surface area contributed by atoms with Gasteiger partial charge in [0.05, 0.1) is 21.6 Å². The van der Waals surface area contributed by atoms with Crippen molar-refractivity contribution in [3.63, 3.8) is 0 Å². The second kappa shape index (κ2) is 8.74. The van der Waals surface area contributed by atoms with Gasteiger partial charge in [-0.1, -0.05) is 23.7 Å². The Kier molecular flexibility index (Phi) is 6.04. The number of aromatic amines is 1. The molecule has 0 spiro atoms. The number of aromatic nitrogens is 3. The normalized spacial score (nSPS) is 15.0. The number of rotatable bonds is 5. The van der Waals surface area contributed by atoms with E-state index in [2.05, 4.69) is 15.0 Å². The summed E-state index contributed by atoms with van der Waals surface area (Å²) in [4.78, 5) is 27.8. The summed E-state index contributed by atoms with van der Waals surface area (Å²) in [6.07, 6.45) is -1.91. The molecular formula is C21H21ClF3N5O. The fraction of sp³-hybridized carbons (Fsp3) is 0.381. The largest absolute Gasteiger partial charge is 0.417 e. The number of piperazine rings is 1. The number of nitrogens with zero attached hydrogens (tertiary/aromatic N) is 4. The summed E-state index contributed by atoms with van der Waals surface area (Å²) < 4.78 is 38.4. The summed E-state index contributed by atoms with van der Waals surface area (Å²) in [5.74, 6) is 1.23. The van der Waals surface area contributed by atoms with Crippen LogP contribution in [0.4, 0.5) is 19.0 Å². The molecule has 164 valence electrons. The van der Waals surface area contributed by atoms with Gasteiger partial charge >= 0.3 is 6.18 Å². The van der Waals surface area contributed by atoms with Crippen molar-refractivity contribution in [1.29, 1.82) is 0 Å². The van der Waals surface area contributed by atoms with Gasteiger partial charge in [0.1, 0.15) is 11.6 Å². The monoisotopic (exact) mass is 451 g/mol. The number of anilines is 1. The minimum Gasteiger partial charge on any atom is -0.352 e. The Morgan fingerprint density at radius 2 is 1.90 bits per heavy atom. The van der Waals surface area contributed by atoms with Crippen LogP contribution >= 0.6 is 11.6 Å². The van der Waals surface area contributed by atoms with Gasteiger partial charge in [-0.2, -0.15) is 13.2 Å². The van der Waals surface area contributed by atoms with E-state index < -0.39 is 11.7 Å². The number of benzene rings is 1. The predicted octanol–water partition coefficient (Wildman–Crippen LogP) is 4.30. The molecule has 31 heavy (non-hydrogen) atoms. The van der Waals surface area contributed by atoms with Gasteiger partial charge in [0.2, 0.25) is 5.91 Å². The van der Waals surface area contributed by atoms with Crippen molar-refractivity contribution >= 4 is 34.4 Å². The third kappa shape index (κ3) is 4.92. The maximum atomic E-state index is 12.8. The van der Waals surface area contributed by atoms with Crippen LogP contribution in [0.1, 0.15) is 24.2 Å². The zero-order valence-corrected chi connectivity index (χ0v) is 17.4. The van der Waals surface area contributed by atoms with Gasteiger partial charge in [0.25, 0.3) is 0 Å². The average molecular weight is 452 g/mol. The lowest BCUT2D eigenvalue weighted by Crippen LogP contribution is -2.49. The number of hydrogen-bond donors (Lipinski definition) is 1. The Morgan fingerprint density at radius 1 is 1.16 bits per heavy atom. The third-order valence-corrected chi connectivity index (χ3v) is 5.60. The zero-order chi connectivity index (χ0) is 22.0. The summed E-state index contributed by atoms with van der Waals surface area (Å²) in [5, 5.41) is -0.0413. The molecule has 1 aliphatic heterocycles. The minimum atomic E-state index is -4.48. The van der Waals surface area contributed by atoms with Crippen molar-refractivity contribution in [2.45, 2.75) is 25.4 Å². The molecular weight excluding hydrogens is 431 g/mol. The molecule has 0 radical (unpaired) electrons. The van der Waals surface area contributed by atoms with E-state index in [0.717, 1.165) is 29.1 Å². The van der Waals surface area contributed by atoms with Crippen LogP contribution in [0.25, 0.3) is 11.0 Å². The number of imidazole rings is 1. The second-order valence-electron chi connectivity index (χ2n) is 7.45. The Morgan fingerprint density at radius 3 is 2.58 bits per heavy atom. The van der Waals surface area contributed by atoms with Gasteiger partial charge in [-0.15, -0.1) is 0 Å². The molecule has 6 nitrogen and oxygen atoms in total. The van der Waals surface area contributed by atoms with Crippen LogP contribution in [0.15, 0.2) is 36.5 Å². The number of para-hydroxylation sites is 2. The molecule has 1 N–H and O–H groups in total. The topological polar surface area (TPSA) is 65.1 Å². The quantitative estimate of drug-likeness (QED) is 0.628. The lowest BCUT2D eigenvalue weighted by molar-refractivity contribution is -0.137. The number of amides is 1. The smallest absolute Gasteiger partial charge is 0.352 e. The highest BCUT2D eigenvalue weighted by atomic mass is 35.5. The lowest BCUT2D eigenvalue weighted by Gasteiger charge is -2.36. The number of halogens is 4. The first-order chi connectivity index (χ1) is 14.8. The molecule has 1 fully saturated rings. The zero-order valence-electron chi connectivity index (χ0n) is 16.6. The van der Waals surface area contributed by atoms with E-state index in [9.17, 15) is 18.0 Å². The van der Waals surface area contributed by atoms with Gasteiger partial charge < -0.3 is 14.8 Å². The fourth-order valence-electron chi connectivity index (χ4n) is 3.68. The van der Waals surface area contributed by atoms with E-state index in [-0.39, 0.29) is 10.9 Å². The first-order valence-corrected chi connectivity index (χ1v) is 10.4. The van der Waals surface area contributed by atoms with Crippen LogP contribution in [0, 0.1) is 0 Å². The molecule has 3 aromatic rings. The summed E-state index contributed by atoms with van der Waals surface area (Å²) in [5.41, 5.74) is 1.02. The molecule has 0 bridgehead atoms. The Hall–Kier alpha value is -2.81. The standard InChI is InChI=1S/C21H21ClF3N5O/c22-15-12-14(21(23,24)25)13-26-20(15)30-10-8-29(9-11-30)19(31)7-3-6-18-27-16-4-1-2-5-17(16)28-18/h1-2,4-5,12-13H,3,6-11H2,(H,27,28). The van der Waals surface area contributed by atoms with Crippen LogP contribution in [-0.4, -0.2) is 51.9 Å². The van der Waals surface area contributed by atoms with Crippen molar-refractivity contribution in [2.75, 3.05) is 31.1 Å². The van der Waals surface area contributed by atoms with Crippen LogP contribution in [0.2, 0.25) is 5.02 Å².